The van der Waals surface area contributed by atoms with Gasteiger partial charge in [-0.3, -0.25) is 18.6 Å². The molecule has 9 nitrogen and oxygen atoms in total. The van der Waals surface area contributed by atoms with Gasteiger partial charge in [-0.2, -0.15) is 0 Å². The topological polar surface area (TPSA) is 108 Å². The summed E-state index contributed by atoms with van der Waals surface area (Å²) in [6.07, 6.45) is 54.7. The highest BCUT2D eigenvalue weighted by atomic mass is 31.2. The van der Waals surface area contributed by atoms with Crippen LogP contribution in [0.2, 0.25) is 0 Å². The van der Waals surface area contributed by atoms with Gasteiger partial charge in [-0.1, -0.05) is 156 Å². The maximum Gasteiger partial charge on any atom is 0.472 e. The zero-order valence-electron chi connectivity index (χ0n) is 38.4. The summed E-state index contributed by atoms with van der Waals surface area (Å²) in [6.45, 7) is 4.17. The van der Waals surface area contributed by atoms with E-state index in [1.165, 1.54) is 44.9 Å². The first kappa shape index (κ1) is 56.9. The number of esters is 2. The van der Waals surface area contributed by atoms with Crippen LogP contribution in [0.4, 0.5) is 0 Å². The van der Waals surface area contributed by atoms with Crippen molar-refractivity contribution in [3.8, 4) is 0 Å². The van der Waals surface area contributed by atoms with Crippen LogP contribution in [0.5, 0.6) is 0 Å². The molecule has 0 fully saturated rings. The second kappa shape index (κ2) is 41.3. The standard InChI is InChI=1S/C50H84NO8P/c1-6-8-10-12-14-16-18-20-22-24-25-27-28-30-32-34-36-38-40-42-49(52)56-46-48(47-58-60(54,55)57-45-44-51(3,4)5)59-50(53)43-41-39-37-35-33-31-29-26-23-21-19-17-15-13-11-9-7-2/h8,10,14-17,20-23,25,27,30,32,36,38,48H,6-7,9,11-13,18-19,24,26,28-29,31,33-35,37,39-47H2,1-5H3/p+1/b10-8-,16-14-,17-15-,22-20-,23-21-,27-25-,32-30-,38-36-/t48-/m1/s1. The third-order valence-electron chi connectivity index (χ3n) is 9.11. The lowest BCUT2D eigenvalue weighted by Crippen LogP contribution is -2.37. The number of hydrogen-bond acceptors (Lipinski definition) is 7. The molecule has 60 heavy (non-hydrogen) atoms. The summed E-state index contributed by atoms with van der Waals surface area (Å²) in [5.74, 6) is -0.915. The van der Waals surface area contributed by atoms with Crippen LogP contribution >= 0.6 is 7.82 Å². The van der Waals surface area contributed by atoms with Crippen molar-refractivity contribution in [2.45, 2.75) is 161 Å². The second-order valence-corrected chi connectivity index (χ2v) is 17.5. The van der Waals surface area contributed by atoms with E-state index in [1.807, 2.05) is 33.3 Å². The minimum Gasteiger partial charge on any atom is -0.462 e. The Morgan fingerprint density at radius 3 is 1.48 bits per heavy atom. The average Bonchev–Trinajstić information content (AvgIpc) is 3.20. The maximum atomic E-state index is 12.7. The van der Waals surface area contributed by atoms with Gasteiger partial charge < -0.3 is 18.9 Å². The Labute approximate surface area is 366 Å². The van der Waals surface area contributed by atoms with Crippen molar-refractivity contribution in [3.05, 3.63) is 97.2 Å². The predicted molar refractivity (Wildman–Crippen MR) is 252 cm³/mol. The van der Waals surface area contributed by atoms with Crippen LogP contribution in [0.3, 0.4) is 0 Å². The van der Waals surface area contributed by atoms with Crippen molar-refractivity contribution in [3.63, 3.8) is 0 Å². The fourth-order valence-electron chi connectivity index (χ4n) is 5.54. The lowest BCUT2D eigenvalue weighted by molar-refractivity contribution is -0.870. The summed E-state index contributed by atoms with van der Waals surface area (Å²) in [5, 5.41) is 0. The van der Waals surface area contributed by atoms with Gasteiger partial charge in [-0.05, 0) is 83.5 Å². The van der Waals surface area contributed by atoms with E-state index in [0.717, 1.165) is 70.6 Å². The molecule has 342 valence electrons. The molecule has 10 heteroatoms. The number of nitrogens with zero attached hydrogens (tertiary/aromatic N) is 1. The third-order valence-corrected chi connectivity index (χ3v) is 10.1. The lowest BCUT2D eigenvalue weighted by Gasteiger charge is -2.24. The van der Waals surface area contributed by atoms with Gasteiger partial charge in [-0.25, -0.2) is 4.57 Å². The van der Waals surface area contributed by atoms with E-state index in [-0.39, 0.29) is 26.1 Å². The SMILES string of the molecule is CC/C=C\C/C=C\C/C=C\C/C=C\C/C=C\C/C=C\CCC(=O)OC[C@H](COP(=O)(O)OCC[N+](C)(C)C)OC(=O)CCCCCCCCC/C=C\C/C=C\CCCCC. The minimum absolute atomic E-state index is 0.0134. The van der Waals surface area contributed by atoms with Crippen LogP contribution in [0, 0.1) is 0 Å². The van der Waals surface area contributed by atoms with Crippen LogP contribution in [0.15, 0.2) is 97.2 Å². The Hall–Kier alpha value is -3.07. The highest BCUT2D eigenvalue weighted by molar-refractivity contribution is 7.47. The van der Waals surface area contributed by atoms with E-state index in [0.29, 0.717) is 23.9 Å². The first-order valence-electron chi connectivity index (χ1n) is 23.0. The summed E-state index contributed by atoms with van der Waals surface area (Å²) < 4.78 is 34.2. The quantitative estimate of drug-likeness (QED) is 0.0213. The van der Waals surface area contributed by atoms with E-state index >= 15 is 0 Å². The molecule has 0 aromatic carbocycles. The monoisotopic (exact) mass is 859 g/mol. The van der Waals surface area contributed by atoms with Gasteiger partial charge in [0, 0.05) is 12.8 Å². The van der Waals surface area contributed by atoms with Crippen molar-refractivity contribution in [1.82, 2.24) is 0 Å². The van der Waals surface area contributed by atoms with E-state index < -0.39 is 32.5 Å². The van der Waals surface area contributed by atoms with E-state index in [1.54, 1.807) is 0 Å². The average molecular weight is 859 g/mol. The Morgan fingerprint density at radius 2 is 0.983 bits per heavy atom. The maximum absolute atomic E-state index is 12.7. The van der Waals surface area contributed by atoms with Crippen molar-refractivity contribution >= 4 is 19.8 Å². The normalized spacial score (nSPS) is 14.4. The number of quaternary nitrogens is 1. The van der Waals surface area contributed by atoms with Crippen molar-refractivity contribution < 1.29 is 42.1 Å². The predicted octanol–water partition coefficient (Wildman–Crippen LogP) is 13.4. The molecule has 0 aliphatic heterocycles. The molecule has 0 aliphatic carbocycles. The third kappa shape index (κ3) is 44.5. The van der Waals surface area contributed by atoms with E-state index in [4.69, 9.17) is 18.5 Å². The highest BCUT2D eigenvalue weighted by Gasteiger charge is 2.27. The number of carbonyl (C=O) groups excluding carboxylic acids is 2. The number of likely N-dealkylation sites (N-methyl/N-ethyl adjacent to an activating group) is 1. The molecule has 2 atom stereocenters. The summed E-state index contributed by atoms with van der Waals surface area (Å²) in [7, 11) is 1.42. The van der Waals surface area contributed by atoms with Crippen LogP contribution in [-0.2, 0) is 32.7 Å². The Bertz CT molecular complexity index is 1340. The molecule has 1 unspecified atom stereocenters. The largest absolute Gasteiger partial charge is 0.472 e. The number of phosphoric ester groups is 1. The lowest BCUT2D eigenvalue weighted by atomic mass is 10.1. The minimum atomic E-state index is -4.40. The van der Waals surface area contributed by atoms with Crippen LogP contribution < -0.4 is 0 Å². The van der Waals surface area contributed by atoms with Gasteiger partial charge in [0.2, 0.25) is 0 Å². The van der Waals surface area contributed by atoms with Gasteiger partial charge in [0.15, 0.2) is 6.10 Å². The Kier molecular flexibility index (Phi) is 39.2. The fraction of sp³-hybridized carbons (Fsp3) is 0.640. The van der Waals surface area contributed by atoms with E-state index in [2.05, 4.69) is 98.9 Å². The first-order valence-corrected chi connectivity index (χ1v) is 24.5. The van der Waals surface area contributed by atoms with Crippen LogP contribution in [0.1, 0.15) is 155 Å². The molecule has 0 saturated carbocycles. The highest BCUT2D eigenvalue weighted by Crippen LogP contribution is 2.43. The molecule has 0 rings (SSSR count). The molecule has 0 radical (unpaired) electrons. The molecule has 0 spiro atoms. The van der Waals surface area contributed by atoms with Crippen LogP contribution in [-0.4, -0.2) is 74.9 Å². The molecule has 0 aromatic heterocycles. The summed E-state index contributed by atoms with van der Waals surface area (Å²) in [6, 6.07) is 0. The summed E-state index contributed by atoms with van der Waals surface area (Å²) in [5.41, 5.74) is 0. The molecule has 0 saturated heterocycles. The van der Waals surface area contributed by atoms with Gasteiger partial charge in [0.1, 0.15) is 19.8 Å². The number of rotatable bonds is 40. The first-order chi connectivity index (χ1) is 29.0. The summed E-state index contributed by atoms with van der Waals surface area (Å²) in [4.78, 5) is 35.4. The smallest absolute Gasteiger partial charge is 0.462 e. The molecular weight excluding hydrogens is 774 g/mol. The zero-order chi connectivity index (χ0) is 44.3. The van der Waals surface area contributed by atoms with Crippen molar-refractivity contribution in [1.29, 1.82) is 0 Å². The Balaban J connectivity index is 4.49. The molecule has 0 aliphatic rings. The van der Waals surface area contributed by atoms with Crippen LogP contribution in [0.25, 0.3) is 0 Å². The number of carbonyl (C=O) groups is 2. The molecule has 0 amide bonds. The molecule has 0 aromatic rings. The fourth-order valence-corrected chi connectivity index (χ4v) is 6.28. The molecule has 0 heterocycles. The zero-order valence-corrected chi connectivity index (χ0v) is 39.3. The molecular formula is C50H85NO8P+. The van der Waals surface area contributed by atoms with Gasteiger partial charge in [-0.15, -0.1) is 0 Å². The van der Waals surface area contributed by atoms with Gasteiger partial charge in [0.25, 0.3) is 0 Å². The van der Waals surface area contributed by atoms with Gasteiger partial charge in [0.05, 0.1) is 27.7 Å². The molecule has 1 N–H and O–H groups in total. The molecule has 0 bridgehead atoms. The number of phosphoric acid groups is 1. The number of unbranched alkanes of at least 4 members (excludes halogenated alkanes) is 10. The van der Waals surface area contributed by atoms with E-state index in [9.17, 15) is 19.0 Å². The second-order valence-electron chi connectivity index (χ2n) is 16.0. The number of ether oxygens (including phenoxy) is 2. The Morgan fingerprint density at radius 1 is 0.533 bits per heavy atom. The summed E-state index contributed by atoms with van der Waals surface area (Å²) >= 11 is 0. The van der Waals surface area contributed by atoms with Crippen molar-refractivity contribution in [2.75, 3.05) is 47.5 Å². The number of hydrogen-bond donors (Lipinski definition) is 1. The van der Waals surface area contributed by atoms with Gasteiger partial charge >= 0.3 is 19.8 Å². The van der Waals surface area contributed by atoms with Crippen molar-refractivity contribution in [2.24, 2.45) is 0 Å². The number of allylic oxidation sites excluding steroid dienone is 16.